The normalized spacial score (nSPS) is 25.4. The maximum absolute atomic E-state index is 5.45. The van der Waals surface area contributed by atoms with Crippen LogP contribution in [-0.2, 0) is 9.47 Å². The summed E-state index contributed by atoms with van der Waals surface area (Å²) in [7, 11) is 0. The predicted octanol–water partition coefficient (Wildman–Crippen LogP) is 0.747. The van der Waals surface area contributed by atoms with Crippen molar-refractivity contribution in [2.24, 2.45) is 0 Å². The van der Waals surface area contributed by atoms with Crippen molar-refractivity contribution in [3.63, 3.8) is 0 Å². The molecule has 11 heavy (non-hydrogen) atoms. The molecule has 0 aromatic rings. The van der Waals surface area contributed by atoms with Crippen LogP contribution in [0.3, 0.4) is 0 Å². The van der Waals surface area contributed by atoms with Gasteiger partial charge in [-0.1, -0.05) is 6.92 Å². The molecule has 0 radical (unpaired) electrons. The predicted molar refractivity (Wildman–Crippen MR) is 43.4 cm³/mol. The molecule has 0 spiro atoms. The summed E-state index contributed by atoms with van der Waals surface area (Å²) in [6.45, 7) is 8.43. The monoisotopic (exact) mass is 159 g/mol. The maximum atomic E-state index is 5.45. The molecule has 1 fully saturated rings. The summed E-state index contributed by atoms with van der Waals surface area (Å²) in [5.74, 6) is -0.383. The minimum Gasteiger partial charge on any atom is -0.349 e. The zero-order chi connectivity index (χ0) is 8.32. The van der Waals surface area contributed by atoms with Gasteiger partial charge in [0.05, 0.1) is 19.3 Å². The molecule has 0 bridgehead atoms. The van der Waals surface area contributed by atoms with E-state index in [1.54, 1.807) is 0 Å². The number of ether oxygens (including phenoxy) is 2. The first kappa shape index (κ1) is 8.97. The van der Waals surface area contributed by atoms with Crippen LogP contribution in [0.2, 0.25) is 0 Å². The average Bonchev–Trinajstić information content (AvgIpc) is 1.94. The first-order valence-corrected chi connectivity index (χ1v) is 4.15. The molecule has 3 nitrogen and oxygen atoms in total. The lowest BCUT2D eigenvalue weighted by molar-refractivity contribution is -0.252. The fourth-order valence-electron chi connectivity index (χ4n) is 1.10. The summed E-state index contributed by atoms with van der Waals surface area (Å²) < 4.78 is 10.9. The lowest BCUT2D eigenvalue weighted by Gasteiger charge is -2.35. The molecule has 66 valence electrons. The second kappa shape index (κ2) is 3.52. The first-order chi connectivity index (χ1) is 5.14. The molecular formula is C8H17NO2. The fraction of sp³-hybridized carbons (Fsp3) is 1.00. The standard InChI is InChI=1S/C8H17NO2/c1-4-9-7-5-10-8(2,3)11-6-7/h7,9H,4-6H2,1-3H3. The van der Waals surface area contributed by atoms with E-state index in [0.717, 1.165) is 19.8 Å². The van der Waals surface area contributed by atoms with Gasteiger partial charge in [0.25, 0.3) is 0 Å². The Labute approximate surface area is 68.1 Å². The summed E-state index contributed by atoms with van der Waals surface area (Å²) in [6.07, 6.45) is 0. The molecule has 0 aliphatic carbocycles. The smallest absolute Gasteiger partial charge is 0.162 e. The van der Waals surface area contributed by atoms with E-state index in [1.807, 2.05) is 13.8 Å². The molecule has 0 saturated carbocycles. The van der Waals surface area contributed by atoms with Crippen LogP contribution in [0, 0.1) is 0 Å². The van der Waals surface area contributed by atoms with Gasteiger partial charge in [-0.25, -0.2) is 0 Å². The molecule has 0 aromatic heterocycles. The Bertz CT molecular complexity index is 115. The van der Waals surface area contributed by atoms with E-state index < -0.39 is 0 Å². The van der Waals surface area contributed by atoms with E-state index in [2.05, 4.69) is 12.2 Å². The van der Waals surface area contributed by atoms with Gasteiger partial charge >= 0.3 is 0 Å². The minimum atomic E-state index is -0.383. The molecule has 1 N–H and O–H groups in total. The number of hydrogen-bond acceptors (Lipinski definition) is 3. The van der Waals surface area contributed by atoms with E-state index in [1.165, 1.54) is 0 Å². The van der Waals surface area contributed by atoms with Crippen molar-refractivity contribution in [2.45, 2.75) is 32.6 Å². The molecule has 0 unspecified atom stereocenters. The van der Waals surface area contributed by atoms with Crippen LogP contribution < -0.4 is 5.32 Å². The largest absolute Gasteiger partial charge is 0.349 e. The highest BCUT2D eigenvalue weighted by molar-refractivity contribution is 4.71. The Hall–Kier alpha value is -0.120. The molecule has 3 heteroatoms. The van der Waals surface area contributed by atoms with Crippen LogP contribution in [-0.4, -0.2) is 31.6 Å². The van der Waals surface area contributed by atoms with Crippen molar-refractivity contribution in [3.8, 4) is 0 Å². The van der Waals surface area contributed by atoms with E-state index in [4.69, 9.17) is 9.47 Å². The highest BCUT2D eigenvalue weighted by Gasteiger charge is 2.27. The van der Waals surface area contributed by atoms with Crippen molar-refractivity contribution in [1.82, 2.24) is 5.32 Å². The van der Waals surface area contributed by atoms with Crippen molar-refractivity contribution in [1.29, 1.82) is 0 Å². The van der Waals surface area contributed by atoms with Gasteiger partial charge < -0.3 is 14.8 Å². The molecule has 1 saturated heterocycles. The lowest BCUT2D eigenvalue weighted by atomic mass is 10.2. The van der Waals surface area contributed by atoms with Gasteiger partial charge in [0.15, 0.2) is 5.79 Å². The Balaban J connectivity index is 2.25. The molecule has 1 heterocycles. The molecule has 1 aliphatic heterocycles. The van der Waals surface area contributed by atoms with E-state index in [-0.39, 0.29) is 5.79 Å². The Kier molecular flexibility index (Phi) is 2.87. The van der Waals surface area contributed by atoms with Gasteiger partial charge in [-0.05, 0) is 20.4 Å². The number of nitrogens with one attached hydrogen (secondary N) is 1. The summed E-state index contributed by atoms with van der Waals surface area (Å²) >= 11 is 0. The Morgan fingerprint density at radius 1 is 1.36 bits per heavy atom. The third-order valence-corrected chi connectivity index (χ3v) is 1.76. The Morgan fingerprint density at radius 3 is 2.36 bits per heavy atom. The summed E-state index contributed by atoms with van der Waals surface area (Å²) in [6, 6.07) is 0.369. The average molecular weight is 159 g/mol. The molecule has 0 aromatic carbocycles. The minimum absolute atomic E-state index is 0.369. The Morgan fingerprint density at radius 2 is 1.91 bits per heavy atom. The zero-order valence-corrected chi connectivity index (χ0v) is 7.52. The second-order valence-electron chi connectivity index (χ2n) is 3.28. The fourth-order valence-corrected chi connectivity index (χ4v) is 1.10. The highest BCUT2D eigenvalue weighted by Crippen LogP contribution is 2.16. The third-order valence-electron chi connectivity index (χ3n) is 1.76. The topological polar surface area (TPSA) is 30.5 Å². The molecule has 0 atom stereocenters. The quantitative estimate of drug-likeness (QED) is 0.645. The van der Waals surface area contributed by atoms with Crippen molar-refractivity contribution >= 4 is 0 Å². The van der Waals surface area contributed by atoms with Gasteiger partial charge in [0, 0.05) is 0 Å². The van der Waals surface area contributed by atoms with Crippen LogP contribution in [0.1, 0.15) is 20.8 Å². The lowest BCUT2D eigenvalue weighted by Crippen LogP contribution is -2.48. The van der Waals surface area contributed by atoms with Gasteiger partial charge in [0.1, 0.15) is 0 Å². The van der Waals surface area contributed by atoms with Crippen LogP contribution in [0.5, 0.6) is 0 Å². The van der Waals surface area contributed by atoms with Gasteiger partial charge in [-0.15, -0.1) is 0 Å². The maximum Gasteiger partial charge on any atom is 0.162 e. The van der Waals surface area contributed by atoms with Crippen molar-refractivity contribution in [2.75, 3.05) is 19.8 Å². The second-order valence-corrected chi connectivity index (χ2v) is 3.28. The van der Waals surface area contributed by atoms with Crippen LogP contribution in [0.25, 0.3) is 0 Å². The van der Waals surface area contributed by atoms with Gasteiger partial charge in [0.2, 0.25) is 0 Å². The zero-order valence-electron chi connectivity index (χ0n) is 7.52. The molecule has 1 aliphatic rings. The van der Waals surface area contributed by atoms with Crippen LogP contribution in [0.4, 0.5) is 0 Å². The van der Waals surface area contributed by atoms with Crippen LogP contribution in [0.15, 0.2) is 0 Å². The number of likely N-dealkylation sites (N-methyl/N-ethyl adjacent to an activating group) is 1. The van der Waals surface area contributed by atoms with E-state index in [9.17, 15) is 0 Å². The van der Waals surface area contributed by atoms with Crippen molar-refractivity contribution < 1.29 is 9.47 Å². The SMILES string of the molecule is CCNC1COC(C)(C)OC1. The molecule has 1 rings (SSSR count). The van der Waals surface area contributed by atoms with E-state index in [0.29, 0.717) is 6.04 Å². The van der Waals surface area contributed by atoms with Crippen molar-refractivity contribution in [3.05, 3.63) is 0 Å². The summed E-state index contributed by atoms with van der Waals surface area (Å²) in [5.41, 5.74) is 0. The number of hydrogen-bond donors (Lipinski definition) is 1. The van der Waals surface area contributed by atoms with Gasteiger partial charge in [-0.3, -0.25) is 0 Å². The van der Waals surface area contributed by atoms with Gasteiger partial charge in [-0.2, -0.15) is 0 Å². The summed E-state index contributed by atoms with van der Waals surface area (Å²) in [5, 5.41) is 3.27. The summed E-state index contributed by atoms with van der Waals surface area (Å²) in [4.78, 5) is 0. The highest BCUT2D eigenvalue weighted by atomic mass is 16.7. The first-order valence-electron chi connectivity index (χ1n) is 4.15. The number of rotatable bonds is 2. The van der Waals surface area contributed by atoms with E-state index >= 15 is 0 Å². The molecule has 0 amide bonds. The van der Waals surface area contributed by atoms with Crippen LogP contribution >= 0.6 is 0 Å². The third kappa shape index (κ3) is 2.77. The molecular weight excluding hydrogens is 142 g/mol.